The second kappa shape index (κ2) is 10.8. The van der Waals surface area contributed by atoms with E-state index in [1.165, 1.54) is 108 Å². The van der Waals surface area contributed by atoms with Crippen molar-refractivity contribution in [3.05, 3.63) is 162 Å². The van der Waals surface area contributed by atoms with Gasteiger partial charge in [-0.05, 0) is 149 Å². The molecule has 254 valence electrons. The normalized spacial score (nSPS) is 26.4. The van der Waals surface area contributed by atoms with Gasteiger partial charge in [-0.3, -0.25) is 0 Å². The molecule has 5 saturated carbocycles. The largest absolute Gasteiger partial charge is 0.310 e. The Morgan fingerprint density at radius 1 is 0.442 bits per heavy atom. The molecule has 0 unspecified atom stereocenters. The van der Waals surface area contributed by atoms with Crippen LogP contribution in [0.15, 0.2) is 140 Å². The van der Waals surface area contributed by atoms with Gasteiger partial charge in [-0.1, -0.05) is 122 Å². The van der Waals surface area contributed by atoms with Gasteiger partial charge in [0.15, 0.2) is 0 Å². The maximum atomic E-state index is 2.61. The predicted molar refractivity (Wildman–Crippen MR) is 215 cm³/mol. The van der Waals surface area contributed by atoms with E-state index < -0.39 is 0 Å². The number of fused-ring (bicyclic) bond motifs is 8. The van der Waals surface area contributed by atoms with Gasteiger partial charge in [-0.15, -0.1) is 0 Å². The molecular formula is C51H45N. The van der Waals surface area contributed by atoms with E-state index >= 15 is 0 Å². The molecule has 6 aromatic rings. The molecule has 1 heteroatoms. The molecule has 1 nitrogen and oxygen atoms in total. The smallest absolute Gasteiger partial charge is 0.0543 e. The molecule has 7 aliphatic carbocycles. The molecule has 0 heterocycles. The average Bonchev–Trinajstić information content (AvgIpc) is 3.88. The summed E-state index contributed by atoms with van der Waals surface area (Å²) in [5, 5.41) is 0. The van der Waals surface area contributed by atoms with Gasteiger partial charge < -0.3 is 4.90 Å². The van der Waals surface area contributed by atoms with Crippen LogP contribution in [0, 0.1) is 23.7 Å². The predicted octanol–water partition coefficient (Wildman–Crippen LogP) is 13.4. The molecule has 0 radical (unpaired) electrons. The van der Waals surface area contributed by atoms with E-state index in [0.717, 1.165) is 23.7 Å². The highest BCUT2D eigenvalue weighted by Gasteiger charge is 2.62. The summed E-state index contributed by atoms with van der Waals surface area (Å²) in [6.45, 7) is 0. The first-order valence-electron chi connectivity index (χ1n) is 20.2. The van der Waals surface area contributed by atoms with Gasteiger partial charge in [-0.2, -0.15) is 0 Å². The van der Waals surface area contributed by atoms with Gasteiger partial charge >= 0.3 is 0 Å². The van der Waals surface area contributed by atoms with Crippen molar-refractivity contribution < 1.29 is 0 Å². The van der Waals surface area contributed by atoms with Crippen LogP contribution >= 0.6 is 0 Å². The zero-order chi connectivity index (χ0) is 34.0. The molecule has 52 heavy (non-hydrogen) atoms. The maximum Gasteiger partial charge on any atom is 0.0543 e. The summed E-state index contributed by atoms with van der Waals surface area (Å²) in [5.41, 5.74) is 18.8. The van der Waals surface area contributed by atoms with Gasteiger partial charge in [-0.25, -0.2) is 0 Å². The molecule has 4 bridgehead atoms. The summed E-state index contributed by atoms with van der Waals surface area (Å²) in [7, 11) is 0. The summed E-state index contributed by atoms with van der Waals surface area (Å²) in [6.07, 6.45) is 12.2. The lowest BCUT2D eigenvalue weighted by atomic mass is 9.43. The van der Waals surface area contributed by atoms with Gasteiger partial charge in [0, 0.05) is 27.8 Å². The van der Waals surface area contributed by atoms with Crippen LogP contribution in [0.1, 0.15) is 80.0 Å². The summed E-state index contributed by atoms with van der Waals surface area (Å²) in [4.78, 5) is 2.61. The van der Waals surface area contributed by atoms with Crippen LogP contribution in [0.2, 0.25) is 0 Å². The fourth-order valence-corrected chi connectivity index (χ4v) is 13.3. The number of benzene rings is 6. The molecule has 2 spiro atoms. The Labute approximate surface area is 308 Å². The monoisotopic (exact) mass is 671 g/mol. The van der Waals surface area contributed by atoms with Crippen LogP contribution in [0.25, 0.3) is 33.4 Å². The summed E-state index contributed by atoms with van der Waals surface area (Å²) in [6, 6.07) is 54.0. The van der Waals surface area contributed by atoms with Crippen molar-refractivity contribution in [2.45, 2.75) is 68.6 Å². The van der Waals surface area contributed by atoms with Gasteiger partial charge in [0.2, 0.25) is 0 Å². The number of nitrogens with zero attached hydrogens (tertiary/aromatic N) is 1. The first kappa shape index (κ1) is 29.7. The van der Waals surface area contributed by atoms with Crippen molar-refractivity contribution in [3.8, 4) is 33.4 Å². The van der Waals surface area contributed by atoms with Crippen molar-refractivity contribution in [1.82, 2.24) is 0 Å². The molecule has 0 aliphatic heterocycles. The van der Waals surface area contributed by atoms with E-state index in [0.29, 0.717) is 0 Å². The zero-order valence-electron chi connectivity index (χ0n) is 29.9. The molecule has 0 saturated heterocycles. The molecule has 5 fully saturated rings. The minimum atomic E-state index is 0.143. The molecular weight excluding hydrogens is 627 g/mol. The average molecular weight is 672 g/mol. The van der Waals surface area contributed by atoms with Gasteiger partial charge in [0.05, 0.1) is 5.69 Å². The molecule has 0 N–H and O–H groups in total. The number of hydrogen-bond acceptors (Lipinski definition) is 1. The molecule has 0 atom stereocenters. The molecule has 6 aromatic carbocycles. The number of rotatable bonds is 4. The Hall–Kier alpha value is -4.88. The molecule has 0 amide bonds. The van der Waals surface area contributed by atoms with E-state index in [4.69, 9.17) is 0 Å². The third kappa shape index (κ3) is 3.85. The topological polar surface area (TPSA) is 3.24 Å². The Bertz CT molecular complexity index is 2350. The van der Waals surface area contributed by atoms with E-state index in [9.17, 15) is 0 Å². The van der Waals surface area contributed by atoms with Crippen LogP contribution < -0.4 is 4.90 Å². The minimum absolute atomic E-state index is 0.143. The Morgan fingerprint density at radius 2 is 1.04 bits per heavy atom. The van der Waals surface area contributed by atoms with E-state index in [2.05, 4.69) is 144 Å². The second-order valence-corrected chi connectivity index (χ2v) is 17.2. The Morgan fingerprint density at radius 3 is 1.79 bits per heavy atom. The molecule has 7 aliphatic rings. The van der Waals surface area contributed by atoms with E-state index in [1.807, 2.05) is 0 Å². The van der Waals surface area contributed by atoms with Gasteiger partial charge in [0.25, 0.3) is 0 Å². The van der Waals surface area contributed by atoms with Crippen LogP contribution in [0.4, 0.5) is 17.1 Å². The standard InChI is InChI=1S/C51H45N/c1-2-11-35(12-3-1)36-19-21-39(22-20-36)52(40-23-24-45-43(32-40)41-13-4-6-15-44(41)50(45)25-8-9-26-50)48-18-10-17-47-49(48)42-14-5-7-16-46(42)51(47)37-28-33-27-34(30-37)31-38(51)29-33/h1-7,10-24,32-34,37-38H,8-9,25-31H2. The third-order valence-electron chi connectivity index (χ3n) is 15.0. The Kier molecular flexibility index (Phi) is 6.18. The van der Waals surface area contributed by atoms with Crippen molar-refractivity contribution in [3.63, 3.8) is 0 Å². The van der Waals surface area contributed by atoms with E-state index in [1.54, 1.807) is 22.3 Å². The summed E-state index contributed by atoms with van der Waals surface area (Å²) in [5.74, 6) is 3.37. The van der Waals surface area contributed by atoms with Crippen LogP contribution in [0.3, 0.4) is 0 Å². The summed E-state index contributed by atoms with van der Waals surface area (Å²) < 4.78 is 0. The fraction of sp³-hybridized carbons (Fsp3) is 0.294. The van der Waals surface area contributed by atoms with Crippen LogP contribution in [0.5, 0.6) is 0 Å². The molecule has 0 aromatic heterocycles. The minimum Gasteiger partial charge on any atom is -0.310 e. The van der Waals surface area contributed by atoms with Crippen molar-refractivity contribution >= 4 is 17.1 Å². The number of anilines is 3. The van der Waals surface area contributed by atoms with Crippen molar-refractivity contribution in [2.75, 3.05) is 4.90 Å². The highest BCUT2D eigenvalue weighted by Crippen LogP contribution is 2.70. The first-order chi connectivity index (χ1) is 25.7. The number of hydrogen-bond donors (Lipinski definition) is 0. The summed E-state index contributed by atoms with van der Waals surface area (Å²) >= 11 is 0. The van der Waals surface area contributed by atoms with E-state index in [-0.39, 0.29) is 10.8 Å². The zero-order valence-corrected chi connectivity index (χ0v) is 29.9. The van der Waals surface area contributed by atoms with Crippen LogP contribution in [-0.2, 0) is 10.8 Å². The lowest BCUT2D eigenvalue weighted by molar-refractivity contribution is -0.0399. The first-order valence-corrected chi connectivity index (χ1v) is 20.2. The molecule has 13 rings (SSSR count). The van der Waals surface area contributed by atoms with Gasteiger partial charge in [0.1, 0.15) is 0 Å². The SMILES string of the molecule is c1ccc(-c2ccc(N(c3ccc4c(c3)-c3ccccc3C43CCCC3)c3cccc4c3-c3ccccc3C43C4CC5CC(C4)CC3C5)cc2)cc1. The quantitative estimate of drug-likeness (QED) is 0.180. The highest BCUT2D eigenvalue weighted by atomic mass is 15.1. The third-order valence-corrected chi connectivity index (χ3v) is 15.0. The Balaban J connectivity index is 1.09. The van der Waals surface area contributed by atoms with Crippen molar-refractivity contribution in [2.24, 2.45) is 23.7 Å². The lowest BCUT2D eigenvalue weighted by Gasteiger charge is -2.61. The van der Waals surface area contributed by atoms with Crippen molar-refractivity contribution in [1.29, 1.82) is 0 Å². The highest BCUT2D eigenvalue weighted by molar-refractivity contribution is 5.96. The van der Waals surface area contributed by atoms with Crippen LogP contribution in [-0.4, -0.2) is 0 Å². The lowest BCUT2D eigenvalue weighted by Crippen LogP contribution is -2.55. The second-order valence-electron chi connectivity index (χ2n) is 17.2. The fourth-order valence-electron chi connectivity index (χ4n) is 13.3. The maximum absolute atomic E-state index is 2.61.